The Morgan fingerprint density at radius 3 is 2.94 bits per heavy atom. The topological polar surface area (TPSA) is 48.5 Å². The zero-order valence-corrected chi connectivity index (χ0v) is 11.1. The van der Waals surface area contributed by atoms with Gasteiger partial charge in [0.25, 0.3) is 0 Å². The highest BCUT2D eigenvalue weighted by Crippen LogP contribution is 2.10. The molecule has 7 heteroatoms. The Morgan fingerprint density at radius 2 is 2.31 bits per heavy atom. The Balaban J connectivity index is 2.11. The third-order valence-corrected chi connectivity index (χ3v) is 3.02. The molecule has 0 aliphatic rings. The average Bonchev–Trinajstić information content (AvgIpc) is 2.82. The van der Waals surface area contributed by atoms with E-state index in [4.69, 9.17) is 11.6 Å². The summed E-state index contributed by atoms with van der Waals surface area (Å²) in [7, 11) is 1.88. The molecule has 0 aliphatic heterocycles. The highest BCUT2D eigenvalue weighted by molar-refractivity contribution is 9.09. The van der Waals surface area contributed by atoms with Crippen LogP contribution in [0.25, 0.3) is 0 Å². The number of imidazole rings is 1. The van der Waals surface area contributed by atoms with Gasteiger partial charge in [0, 0.05) is 25.0 Å². The predicted molar refractivity (Wildman–Crippen MR) is 64.8 cm³/mol. The first kappa shape index (κ1) is 11.6. The van der Waals surface area contributed by atoms with E-state index in [9.17, 15) is 0 Å². The molecule has 16 heavy (non-hydrogen) atoms. The lowest BCUT2D eigenvalue weighted by molar-refractivity contribution is 0.607. The molecule has 2 aromatic heterocycles. The van der Waals surface area contributed by atoms with E-state index in [1.165, 1.54) is 0 Å². The maximum Gasteiger partial charge on any atom is 0.131 e. The second-order valence-corrected chi connectivity index (χ2v) is 4.58. The molecule has 2 aromatic rings. The molecule has 86 valence electrons. The molecule has 0 bridgehead atoms. The summed E-state index contributed by atoms with van der Waals surface area (Å²) in [6.45, 7) is 0.582. The Labute approximate surface area is 107 Å². The Kier molecular flexibility index (Phi) is 3.60. The molecule has 0 N–H and O–H groups in total. The molecule has 0 fully saturated rings. The van der Waals surface area contributed by atoms with Gasteiger partial charge in [-0.2, -0.15) is 0 Å². The first-order valence-corrected chi connectivity index (χ1v) is 6.31. The van der Waals surface area contributed by atoms with Crippen LogP contribution in [0.2, 0.25) is 5.15 Å². The SMILES string of the molecule is Cn1c(Cl)cnc1Cn1cc(CCBr)nn1. The third-order valence-electron chi connectivity index (χ3n) is 2.27. The Morgan fingerprint density at radius 1 is 1.50 bits per heavy atom. The van der Waals surface area contributed by atoms with Crippen molar-refractivity contribution in [1.29, 1.82) is 0 Å². The van der Waals surface area contributed by atoms with Crippen LogP contribution in [0.4, 0.5) is 0 Å². The number of halogens is 2. The van der Waals surface area contributed by atoms with Crippen LogP contribution >= 0.6 is 27.5 Å². The molecule has 5 nitrogen and oxygen atoms in total. The van der Waals surface area contributed by atoms with Gasteiger partial charge in [0.2, 0.25) is 0 Å². The minimum Gasteiger partial charge on any atom is -0.321 e. The van der Waals surface area contributed by atoms with Crippen molar-refractivity contribution >= 4 is 27.5 Å². The van der Waals surface area contributed by atoms with E-state index in [-0.39, 0.29) is 0 Å². The number of alkyl halides is 1. The fourth-order valence-electron chi connectivity index (χ4n) is 1.34. The molecular formula is C9H11BrClN5. The van der Waals surface area contributed by atoms with E-state index >= 15 is 0 Å². The minimum atomic E-state index is 0.582. The molecule has 0 spiro atoms. The first-order valence-electron chi connectivity index (χ1n) is 4.81. The van der Waals surface area contributed by atoms with E-state index in [1.54, 1.807) is 10.9 Å². The number of hydrogen-bond donors (Lipinski definition) is 0. The van der Waals surface area contributed by atoms with Crippen molar-refractivity contribution in [3.8, 4) is 0 Å². The molecule has 0 amide bonds. The van der Waals surface area contributed by atoms with Crippen LogP contribution in [0, 0.1) is 0 Å². The number of aryl methyl sites for hydroxylation is 1. The summed E-state index contributed by atoms with van der Waals surface area (Å²) in [4.78, 5) is 4.20. The second kappa shape index (κ2) is 4.97. The maximum atomic E-state index is 5.90. The molecule has 0 aliphatic carbocycles. The zero-order valence-electron chi connectivity index (χ0n) is 8.77. The monoisotopic (exact) mass is 303 g/mol. The van der Waals surface area contributed by atoms with E-state index in [2.05, 4.69) is 31.2 Å². The van der Waals surface area contributed by atoms with Crippen molar-refractivity contribution in [3.63, 3.8) is 0 Å². The van der Waals surface area contributed by atoms with Crippen molar-refractivity contribution in [2.24, 2.45) is 7.05 Å². The van der Waals surface area contributed by atoms with Crippen molar-refractivity contribution in [3.05, 3.63) is 29.1 Å². The molecule has 0 saturated carbocycles. The zero-order chi connectivity index (χ0) is 11.5. The van der Waals surface area contributed by atoms with Crippen molar-refractivity contribution in [2.75, 3.05) is 5.33 Å². The summed E-state index contributed by atoms with van der Waals surface area (Å²) >= 11 is 9.27. The molecule has 2 heterocycles. The van der Waals surface area contributed by atoms with Gasteiger partial charge in [0.15, 0.2) is 0 Å². The molecule has 0 unspecified atom stereocenters. The normalized spacial score (nSPS) is 10.9. The molecular weight excluding hydrogens is 293 g/mol. The summed E-state index contributed by atoms with van der Waals surface area (Å²) in [5.41, 5.74) is 0.970. The lowest BCUT2D eigenvalue weighted by atomic mass is 10.4. The van der Waals surface area contributed by atoms with Crippen LogP contribution in [0.5, 0.6) is 0 Å². The van der Waals surface area contributed by atoms with E-state index < -0.39 is 0 Å². The fourth-order valence-corrected chi connectivity index (χ4v) is 1.90. The lowest BCUT2D eigenvalue weighted by Crippen LogP contribution is -2.06. The maximum absolute atomic E-state index is 5.90. The standard InChI is InChI=1S/C9H11BrClN5/c1-15-8(11)4-12-9(15)6-16-5-7(2-3-10)13-14-16/h4-5H,2-3,6H2,1H3. The molecule has 0 atom stereocenters. The quantitative estimate of drug-likeness (QED) is 0.807. The van der Waals surface area contributed by atoms with Gasteiger partial charge in [0.1, 0.15) is 17.5 Å². The van der Waals surface area contributed by atoms with Crippen LogP contribution in [-0.2, 0) is 20.0 Å². The number of rotatable bonds is 4. The van der Waals surface area contributed by atoms with Crippen LogP contribution in [0.3, 0.4) is 0 Å². The fraction of sp³-hybridized carbons (Fsp3) is 0.444. The van der Waals surface area contributed by atoms with Gasteiger partial charge in [-0.3, -0.25) is 0 Å². The van der Waals surface area contributed by atoms with Crippen molar-refractivity contribution in [1.82, 2.24) is 24.5 Å². The summed E-state index contributed by atoms with van der Waals surface area (Å²) in [6.07, 6.45) is 4.43. The molecule has 0 saturated heterocycles. The Hall–Kier alpha value is -0.880. The van der Waals surface area contributed by atoms with Crippen LogP contribution in [0.15, 0.2) is 12.4 Å². The van der Waals surface area contributed by atoms with E-state index in [0.29, 0.717) is 11.7 Å². The minimum absolute atomic E-state index is 0.582. The van der Waals surface area contributed by atoms with Gasteiger partial charge < -0.3 is 4.57 Å². The second-order valence-electron chi connectivity index (χ2n) is 3.40. The highest BCUT2D eigenvalue weighted by Gasteiger charge is 2.06. The van der Waals surface area contributed by atoms with Crippen LogP contribution in [0.1, 0.15) is 11.5 Å². The highest BCUT2D eigenvalue weighted by atomic mass is 79.9. The lowest BCUT2D eigenvalue weighted by Gasteiger charge is -2.01. The predicted octanol–water partition coefficient (Wildman–Crippen LogP) is 1.65. The van der Waals surface area contributed by atoms with Gasteiger partial charge in [-0.15, -0.1) is 5.10 Å². The van der Waals surface area contributed by atoms with Crippen molar-refractivity contribution < 1.29 is 0 Å². The molecule has 0 radical (unpaired) electrons. The van der Waals surface area contributed by atoms with Crippen LogP contribution in [-0.4, -0.2) is 29.9 Å². The Bertz CT molecular complexity index is 478. The largest absolute Gasteiger partial charge is 0.321 e. The number of aromatic nitrogens is 5. The third kappa shape index (κ3) is 2.44. The van der Waals surface area contributed by atoms with E-state index in [1.807, 2.05) is 17.8 Å². The van der Waals surface area contributed by atoms with Gasteiger partial charge in [-0.25, -0.2) is 9.67 Å². The van der Waals surface area contributed by atoms with Gasteiger partial charge in [0.05, 0.1) is 11.9 Å². The smallest absolute Gasteiger partial charge is 0.131 e. The average molecular weight is 305 g/mol. The molecule has 0 aromatic carbocycles. The summed E-state index contributed by atoms with van der Waals surface area (Å²) < 4.78 is 3.59. The number of hydrogen-bond acceptors (Lipinski definition) is 3. The van der Waals surface area contributed by atoms with Gasteiger partial charge in [-0.1, -0.05) is 32.7 Å². The number of nitrogens with zero attached hydrogens (tertiary/aromatic N) is 5. The van der Waals surface area contributed by atoms with Gasteiger partial charge in [-0.05, 0) is 0 Å². The summed E-state index contributed by atoms with van der Waals surface area (Å²) in [5, 5.41) is 9.59. The van der Waals surface area contributed by atoms with E-state index in [0.717, 1.165) is 23.3 Å². The molecule has 2 rings (SSSR count). The van der Waals surface area contributed by atoms with Gasteiger partial charge >= 0.3 is 0 Å². The summed E-state index contributed by atoms with van der Waals surface area (Å²) in [5.74, 6) is 0.861. The summed E-state index contributed by atoms with van der Waals surface area (Å²) in [6, 6.07) is 0. The first-order chi connectivity index (χ1) is 7.70. The van der Waals surface area contributed by atoms with Crippen LogP contribution < -0.4 is 0 Å². The van der Waals surface area contributed by atoms with Crippen molar-refractivity contribution in [2.45, 2.75) is 13.0 Å².